The van der Waals surface area contributed by atoms with E-state index >= 15 is 0 Å². The topological polar surface area (TPSA) is 15.8 Å². The molecule has 1 rings (SSSR count). The van der Waals surface area contributed by atoms with E-state index in [0.29, 0.717) is 0 Å². The Kier molecular flexibility index (Phi) is 0.932. The molecule has 2 heteroatoms. The molecule has 0 aromatic carbocycles. The molecule has 0 saturated carbocycles. The SMILES string of the molecule is [B]c1cc[nH]c1C. The highest BCUT2D eigenvalue weighted by atomic mass is 14.7. The first-order valence-electron chi connectivity index (χ1n) is 2.20. The fraction of sp³-hybridized carbons (Fsp3) is 0.200. The van der Waals surface area contributed by atoms with Gasteiger partial charge in [-0.1, -0.05) is 11.5 Å². The monoisotopic (exact) mass is 91.1 g/mol. The first kappa shape index (κ1) is 4.50. The van der Waals surface area contributed by atoms with Gasteiger partial charge in [0.05, 0.1) is 0 Å². The van der Waals surface area contributed by atoms with Crippen LogP contribution < -0.4 is 5.46 Å². The Hall–Kier alpha value is -0.655. The van der Waals surface area contributed by atoms with E-state index in [1.54, 1.807) is 0 Å². The van der Waals surface area contributed by atoms with Crippen LogP contribution in [0.5, 0.6) is 0 Å². The summed E-state index contributed by atoms with van der Waals surface area (Å²) in [5, 5.41) is 0. The molecule has 1 nitrogen and oxygen atoms in total. The smallest absolute Gasteiger partial charge is 0.116 e. The number of nitrogens with one attached hydrogen (secondary N) is 1. The first-order valence-corrected chi connectivity index (χ1v) is 2.20. The van der Waals surface area contributed by atoms with E-state index in [4.69, 9.17) is 7.85 Å². The van der Waals surface area contributed by atoms with Gasteiger partial charge in [-0.25, -0.2) is 0 Å². The zero-order valence-corrected chi connectivity index (χ0v) is 4.23. The van der Waals surface area contributed by atoms with Gasteiger partial charge in [0.2, 0.25) is 0 Å². The molecular formula is C5H6BN. The lowest BCUT2D eigenvalue weighted by Crippen LogP contribution is -2.00. The van der Waals surface area contributed by atoms with Crippen molar-refractivity contribution in [2.24, 2.45) is 0 Å². The molecule has 0 aliphatic heterocycles. The number of rotatable bonds is 0. The minimum atomic E-state index is 0.833. The highest BCUT2D eigenvalue weighted by molar-refractivity contribution is 6.33. The molecule has 1 heterocycles. The van der Waals surface area contributed by atoms with E-state index in [2.05, 4.69) is 4.98 Å². The molecule has 0 saturated heterocycles. The Morgan fingerprint density at radius 3 is 2.57 bits per heavy atom. The van der Waals surface area contributed by atoms with Crippen molar-refractivity contribution in [2.45, 2.75) is 6.92 Å². The Morgan fingerprint density at radius 1 is 1.71 bits per heavy atom. The molecule has 0 aliphatic carbocycles. The lowest BCUT2D eigenvalue weighted by molar-refractivity contribution is 1.28. The molecule has 0 amide bonds. The quantitative estimate of drug-likeness (QED) is 0.436. The number of aromatic amines is 1. The molecule has 2 radical (unpaired) electrons. The van der Waals surface area contributed by atoms with Gasteiger partial charge in [0, 0.05) is 11.9 Å². The van der Waals surface area contributed by atoms with Crippen LogP contribution in [-0.2, 0) is 0 Å². The van der Waals surface area contributed by atoms with Crippen LogP contribution >= 0.6 is 0 Å². The third-order valence-electron chi connectivity index (χ3n) is 0.996. The van der Waals surface area contributed by atoms with E-state index in [1.807, 2.05) is 19.2 Å². The van der Waals surface area contributed by atoms with Gasteiger partial charge in [0.1, 0.15) is 7.85 Å². The molecule has 0 atom stereocenters. The van der Waals surface area contributed by atoms with E-state index in [0.717, 1.165) is 11.2 Å². The summed E-state index contributed by atoms with van der Waals surface area (Å²) in [5.74, 6) is 0. The summed E-state index contributed by atoms with van der Waals surface area (Å²) in [6, 6.07) is 1.84. The summed E-state index contributed by atoms with van der Waals surface area (Å²) in [4.78, 5) is 2.94. The van der Waals surface area contributed by atoms with Gasteiger partial charge in [0.25, 0.3) is 0 Å². The molecule has 0 unspecified atom stereocenters. The molecule has 1 aromatic rings. The van der Waals surface area contributed by atoms with Gasteiger partial charge in [-0.15, -0.1) is 0 Å². The summed E-state index contributed by atoms with van der Waals surface area (Å²) < 4.78 is 0. The van der Waals surface area contributed by atoms with Crippen LogP contribution in [0, 0.1) is 6.92 Å². The standard InChI is InChI=1S/C5H6BN/c1-4-5(6)2-3-7-4/h2-3,7H,1H3. The van der Waals surface area contributed by atoms with Crippen LogP contribution in [0.15, 0.2) is 12.3 Å². The van der Waals surface area contributed by atoms with Gasteiger partial charge in [-0.05, 0) is 6.92 Å². The fourth-order valence-electron chi connectivity index (χ4n) is 0.465. The Morgan fingerprint density at radius 2 is 2.43 bits per heavy atom. The third-order valence-corrected chi connectivity index (χ3v) is 0.996. The van der Waals surface area contributed by atoms with Crippen LogP contribution in [0.1, 0.15) is 5.69 Å². The number of hydrogen-bond donors (Lipinski definition) is 1. The van der Waals surface area contributed by atoms with E-state index in [9.17, 15) is 0 Å². The zero-order valence-electron chi connectivity index (χ0n) is 4.23. The molecule has 1 N–H and O–H groups in total. The maximum atomic E-state index is 5.41. The average molecular weight is 90.9 g/mol. The Labute approximate surface area is 44.2 Å². The third kappa shape index (κ3) is 0.685. The lowest BCUT2D eigenvalue weighted by Gasteiger charge is -1.81. The van der Waals surface area contributed by atoms with Crippen LogP contribution in [0.25, 0.3) is 0 Å². The molecule has 0 bridgehead atoms. The van der Waals surface area contributed by atoms with E-state index in [1.165, 1.54) is 0 Å². The van der Waals surface area contributed by atoms with Crippen molar-refractivity contribution < 1.29 is 0 Å². The summed E-state index contributed by atoms with van der Waals surface area (Å²) >= 11 is 0. The molecule has 7 heavy (non-hydrogen) atoms. The van der Waals surface area contributed by atoms with Gasteiger partial charge in [-0.2, -0.15) is 0 Å². The van der Waals surface area contributed by atoms with E-state index < -0.39 is 0 Å². The zero-order chi connectivity index (χ0) is 5.28. The predicted octanol–water partition coefficient (Wildman–Crippen LogP) is 0.117. The highest BCUT2D eigenvalue weighted by Gasteiger charge is 1.85. The normalized spacial score (nSPS) is 9.29. The Bertz CT molecular complexity index is 140. The predicted molar refractivity (Wildman–Crippen MR) is 30.9 cm³/mol. The van der Waals surface area contributed by atoms with Gasteiger partial charge >= 0.3 is 0 Å². The molecule has 1 aromatic heterocycles. The van der Waals surface area contributed by atoms with Crippen molar-refractivity contribution in [2.75, 3.05) is 0 Å². The minimum absolute atomic E-state index is 0.833. The number of aromatic nitrogens is 1. The largest absolute Gasteiger partial charge is 0.366 e. The average Bonchev–Trinajstić information content (AvgIpc) is 1.91. The van der Waals surface area contributed by atoms with Crippen LogP contribution in [0.4, 0.5) is 0 Å². The molecular weight excluding hydrogens is 84.9 g/mol. The summed E-state index contributed by atoms with van der Waals surface area (Å²) in [5.41, 5.74) is 1.88. The van der Waals surface area contributed by atoms with Crippen molar-refractivity contribution in [3.05, 3.63) is 18.0 Å². The van der Waals surface area contributed by atoms with Gasteiger partial charge < -0.3 is 4.98 Å². The molecule has 0 aliphatic rings. The van der Waals surface area contributed by atoms with Gasteiger partial charge in [-0.3, -0.25) is 0 Å². The lowest BCUT2D eigenvalue weighted by atomic mass is 9.97. The number of H-pyrrole nitrogens is 1. The minimum Gasteiger partial charge on any atom is -0.366 e. The second-order valence-electron chi connectivity index (χ2n) is 1.56. The highest BCUT2D eigenvalue weighted by Crippen LogP contribution is 1.82. The first-order chi connectivity index (χ1) is 3.30. The Balaban J connectivity index is 3.12. The maximum absolute atomic E-state index is 5.41. The van der Waals surface area contributed by atoms with Crippen molar-refractivity contribution in [1.82, 2.24) is 4.98 Å². The second kappa shape index (κ2) is 1.45. The van der Waals surface area contributed by atoms with Crippen molar-refractivity contribution in [3.63, 3.8) is 0 Å². The number of hydrogen-bond acceptors (Lipinski definition) is 0. The van der Waals surface area contributed by atoms with Crippen molar-refractivity contribution in [1.29, 1.82) is 0 Å². The fourth-order valence-corrected chi connectivity index (χ4v) is 0.465. The van der Waals surface area contributed by atoms with Crippen LogP contribution in [0.2, 0.25) is 0 Å². The summed E-state index contributed by atoms with van der Waals surface area (Å²) in [6.07, 6.45) is 1.82. The number of aryl methyl sites for hydroxylation is 1. The molecule has 0 fully saturated rings. The van der Waals surface area contributed by atoms with Crippen LogP contribution in [-0.4, -0.2) is 12.8 Å². The van der Waals surface area contributed by atoms with Crippen LogP contribution in [0.3, 0.4) is 0 Å². The van der Waals surface area contributed by atoms with Crippen molar-refractivity contribution in [3.8, 4) is 0 Å². The molecule has 34 valence electrons. The second-order valence-corrected chi connectivity index (χ2v) is 1.56. The van der Waals surface area contributed by atoms with E-state index in [-0.39, 0.29) is 0 Å². The molecule has 0 spiro atoms. The summed E-state index contributed by atoms with van der Waals surface area (Å²) in [7, 11) is 5.41. The summed E-state index contributed by atoms with van der Waals surface area (Å²) in [6.45, 7) is 1.94. The van der Waals surface area contributed by atoms with Crippen molar-refractivity contribution >= 4 is 13.3 Å². The van der Waals surface area contributed by atoms with Gasteiger partial charge in [0.15, 0.2) is 0 Å². The maximum Gasteiger partial charge on any atom is 0.116 e.